The first kappa shape index (κ1) is 17.1. The quantitative estimate of drug-likeness (QED) is 0.816. The van der Waals surface area contributed by atoms with Gasteiger partial charge in [0.2, 0.25) is 5.91 Å². The van der Waals surface area contributed by atoms with Gasteiger partial charge < -0.3 is 9.88 Å². The normalized spacial score (nSPS) is 16.2. The lowest BCUT2D eigenvalue weighted by Gasteiger charge is -2.34. The molecule has 0 aliphatic carbocycles. The lowest BCUT2D eigenvalue weighted by atomic mass is 10.3. The van der Waals surface area contributed by atoms with Gasteiger partial charge in [0, 0.05) is 61.8 Å². The molecule has 0 spiro atoms. The Balaban J connectivity index is 1.37. The molecule has 2 aromatic rings. The maximum Gasteiger partial charge on any atom is 0.238 e. The Kier molecular flexibility index (Phi) is 6.01. The Hall–Kier alpha value is -1.70. The summed E-state index contributed by atoms with van der Waals surface area (Å²) >= 11 is 3.39. The fourth-order valence-electron chi connectivity index (χ4n) is 2.78. The zero-order valence-electron chi connectivity index (χ0n) is 13.6. The molecule has 0 radical (unpaired) electrons. The minimum Gasteiger partial charge on any atom is -0.336 e. The van der Waals surface area contributed by atoms with Crippen LogP contribution in [0.1, 0.15) is 0 Å². The van der Waals surface area contributed by atoms with E-state index >= 15 is 0 Å². The summed E-state index contributed by atoms with van der Waals surface area (Å²) in [5, 5.41) is 2.95. The van der Waals surface area contributed by atoms with E-state index in [9.17, 15) is 4.79 Å². The van der Waals surface area contributed by atoms with E-state index in [1.54, 1.807) is 0 Å². The molecule has 1 saturated heterocycles. The number of carbonyl (C=O) groups is 1. The molecule has 6 nitrogen and oxygen atoms in total. The molecule has 0 atom stereocenters. The van der Waals surface area contributed by atoms with E-state index in [1.807, 2.05) is 43.0 Å². The fourth-order valence-corrected chi connectivity index (χ4v) is 3.05. The van der Waals surface area contributed by atoms with Gasteiger partial charge in [-0.2, -0.15) is 0 Å². The number of carbonyl (C=O) groups excluding carboxylic acids is 1. The summed E-state index contributed by atoms with van der Waals surface area (Å²) < 4.78 is 3.10. The number of halogens is 1. The van der Waals surface area contributed by atoms with Gasteiger partial charge in [-0.15, -0.1) is 0 Å². The highest BCUT2D eigenvalue weighted by atomic mass is 79.9. The Morgan fingerprint density at radius 3 is 2.46 bits per heavy atom. The van der Waals surface area contributed by atoms with Gasteiger partial charge >= 0.3 is 0 Å². The van der Waals surface area contributed by atoms with Crippen LogP contribution in [0.25, 0.3) is 0 Å². The summed E-state index contributed by atoms with van der Waals surface area (Å²) in [5.74, 6) is 0.0455. The first-order chi connectivity index (χ1) is 11.7. The first-order valence-electron chi connectivity index (χ1n) is 8.15. The fraction of sp³-hybridized carbons (Fsp3) is 0.412. The van der Waals surface area contributed by atoms with Gasteiger partial charge in [0.15, 0.2) is 0 Å². The van der Waals surface area contributed by atoms with Crippen LogP contribution in [0.15, 0.2) is 47.5 Å². The second-order valence-corrected chi connectivity index (χ2v) is 6.89. The molecule has 1 fully saturated rings. The van der Waals surface area contributed by atoms with Crippen molar-refractivity contribution in [1.82, 2.24) is 19.4 Å². The van der Waals surface area contributed by atoms with E-state index in [0.717, 1.165) is 49.4 Å². The summed E-state index contributed by atoms with van der Waals surface area (Å²) in [6.45, 7) is 6.29. The summed E-state index contributed by atoms with van der Waals surface area (Å²) in [5.41, 5.74) is 0.835. The van der Waals surface area contributed by atoms with E-state index < -0.39 is 0 Å². The van der Waals surface area contributed by atoms with E-state index in [1.165, 1.54) is 0 Å². The van der Waals surface area contributed by atoms with Crippen LogP contribution in [0.5, 0.6) is 0 Å². The number of benzene rings is 1. The molecule has 128 valence electrons. The molecule has 0 bridgehead atoms. The van der Waals surface area contributed by atoms with Crippen LogP contribution in [0, 0.1) is 0 Å². The number of hydrogen-bond acceptors (Lipinski definition) is 4. The van der Waals surface area contributed by atoms with Crippen LogP contribution in [0.4, 0.5) is 5.69 Å². The average molecular weight is 392 g/mol. The van der Waals surface area contributed by atoms with Gasteiger partial charge in [0.25, 0.3) is 0 Å². The smallest absolute Gasteiger partial charge is 0.238 e. The summed E-state index contributed by atoms with van der Waals surface area (Å²) in [6.07, 6.45) is 5.65. The molecule has 24 heavy (non-hydrogen) atoms. The minimum atomic E-state index is 0.0455. The van der Waals surface area contributed by atoms with E-state index in [0.29, 0.717) is 6.54 Å². The summed E-state index contributed by atoms with van der Waals surface area (Å²) in [7, 11) is 0. The van der Waals surface area contributed by atoms with Gasteiger partial charge in [0.05, 0.1) is 12.9 Å². The van der Waals surface area contributed by atoms with Crippen LogP contribution >= 0.6 is 15.9 Å². The third-order valence-corrected chi connectivity index (χ3v) is 4.72. The van der Waals surface area contributed by atoms with Crippen LogP contribution < -0.4 is 5.32 Å². The van der Waals surface area contributed by atoms with E-state index in [-0.39, 0.29) is 5.91 Å². The van der Waals surface area contributed by atoms with Crippen molar-refractivity contribution in [3.05, 3.63) is 47.5 Å². The highest BCUT2D eigenvalue weighted by molar-refractivity contribution is 9.10. The van der Waals surface area contributed by atoms with E-state index in [4.69, 9.17) is 0 Å². The molecule has 1 aliphatic rings. The number of anilines is 1. The zero-order chi connectivity index (χ0) is 16.8. The maximum atomic E-state index is 12.1. The predicted octanol–water partition coefficient (Wildman–Crippen LogP) is 1.90. The van der Waals surface area contributed by atoms with Crippen molar-refractivity contribution in [3.8, 4) is 0 Å². The molecular formula is C17H22BrN5O. The van der Waals surface area contributed by atoms with Crippen LogP contribution in [0.2, 0.25) is 0 Å². The third kappa shape index (κ3) is 5.15. The molecule has 1 aromatic heterocycles. The first-order valence-corrected chi connectivity index (χ1v) is 8.94. The molecular weight excluding hydrogens is 370 g/mol. The zero-order valence-corrected chi connectivity index (χ0v) is 15.2. The highest BCUT2D eigenvalue weighted by Crippen LogP contribution is 2.14. The monoisotopic (exact) mass is 391 g/mol. The van der Waals surface area contributed by atoms with Gasteiger partial charge in [-0.05, 0) is 24.3 Å². The van der Waals surface area contributed by atoms with Crippen molar-refractivity contribution < 1.29 is 4.79 Å². The number of nitrogens with one attached hydrogen (secondary N) is 1. The maximum absolute atomic E-state index is 12.1. The highest BCUT2D eigenvalue weighted by Gasteiger charge is 2.18. The Morgan fingerprint density at radius 2 is 1.79 bits per heavy atom. The van der Waals surface area contributed by atoms with Crippen molar-refractivity contribution in [2.24, 2.45) is 0 Å². The topological polar surface area (TPSA) is 53.4 Å². The minimum absolute atomic E-state index is 0.0455. The molecule has 1 aliphatic heterocycles. The Morgan fingerprint density at radius 1 is 1.08 bits per heavy atom. The van der Waals surface area contributed by atoms with Crippen LogP contribution in [-0.4, -0.2) is 64.5 Å². The molecule has 7 heteroatoms. The van der Waals surface area contributed by atoms with Crippen molar-refractivity contribution in [1.29, 1.82) is 0 Å². The van der Waals surface area contributed by atoms with Crippen molar-refractivity contribution in [2.75, 3.05) is 44.6 Å². The number of nitrogens with zero attached hydrogens (tertiary/aromatic N) is 4. The standard InChI is InChI=1S/C17H22BrN5O/c18-15-1-3-16(4-2-15)20-17(24)13-22-10-7-21(8-11-22)9-12-23-6-5-19-14-23/h1-6,14H,7-13H2,(H,20,24). The number of piperazine rings is 1. The van der Waals surface area contributed by atoms with Crippen LogP contribution in [-0.2, 0) is 11.3 Å². The largest absolute Gasteiger partial charge is 0.336 e. The summed E-state index contributed by atoms with van der Waals surface area (Å²) in [4.78, 5) is 20.8. The molecule has 0 saturated carbocycles. The molecule has 1 N–H and O–H groups in total. The number of aromatic nitrogens is 2. The second kappa shape index (κ2) is 8.41. The number of rotatable bonds is 6. The molecule has 0 unspecified atom stereocenters. The van der Waals surface area contributed by atoms with Gasteiger partial charge in [-0.25, -0.2) is 4.98 Å². The second-order valence-electron chi connectivity index (χ2n) is 5.97. The summed E-state index contributed by atoms with van der Waals surface area (Å²) in [6, 6.07) is 7.65. The van der Waals surface area contributed by atoms with Crippen molar-refractivity contribution in [2.45, 2.75) is 6.54 Å². The number of imidazole rings is 1. The molecule has 3 rings (SSSR count). The predicted molar refractivity (Wildman–Crippen MR) is 97.9 cm³/mol. The lowest BCUT2D eigenvalue weighted by Crippen LogP contribution is -2.49. The third-order valence-electron chi connectivity index (χ3n) is 4.19. The van der Waals surface area contributed by atoms with Crippen LogP contribution in [0.3, 0.4) is 0 Å². The molecule has 1 aromatic carbocycles. The Bertz CT molecular complexity index is 636. The van der Waals surface area contributed by atoms with E-state index in [2.05, 4.69) is 40.6 Å². The molecule has 2 heterocycles. The van der Waals surface area contributed by atoms with Gasteiger partial charge in [-0.3, -0.25) is 14.6 Å². The van der Waals surface area contributed by atoms with Gasteiger partial charge in [0.1, 0.15) is 0 Å². The SMILES string of the molecule is O=C(CN1CCN(CCn2ccnc2)CC1)Nc1ccc(Br)cc1. The van der Waals surface area contributed by atoms with Crippen molar-refractivity contribution in [3.63, 3.8) is 0 Å². The van der Waals surface area contributed by atoms with Crippen molar-refractivity contribution >= 4 is 27.5 Å². The lowest BCUT2D eigenvalue weighted by molar-refractivity contribution is -0.117. The van der Waals surface area contributed by atoms with Gasteiger partial charge in [-0.1, -0.05) is 15.9 Å². The average Bonchev–Trinajstić information content (AvgIpc) is 3.10. The number of amides is 1. The number of hydrogen-bond donors (Lipinski definition) is 1. The molecule has 1 amide bonds. The Labute approximate surface area is 150 Å².